The van der Waals surface area contributed by atoms with Crippen LogP contribution in [0.2, 0.25) is 0 Å². The highest BCUT2D eigenvalue weighted by atomic mass is 32.2. The highest BCUT2D eigenvalue weighted by molar-refractivity contribution is 7.89. The number of sulfonamides is 1. The Labute approximate surface area is 220 Å². The van der Waals surface area contributed by atoms with Crippen molar-refractivity contribution in [3.8, 4) is 0 Å². The van der Waals surface area contributed by atoms with E-state index in [1.807, 2.05) is 30.5 Å². The number of nitrogens with two attached hydrogens (primary N) is 1. The number of pyridine rings is 1. The molecule has 1 amide bonds. The molecule has 0 bridgehead atoms. The molecule has 38 heavy (non-hydrogen) atoms. The lowest BCUT2D eigenvalue weighted by atomic mass is 10.2. The molecule has 3 aromatic heterocycles. The molecule has 11 heteroatoms. The van der Waals surface area contributed by atoms with Gasteiger partial charge in [0.25, 0.3) is 0 Å². The first kappa shape index (κ1) is 24.5. The average Bonchev–Trinajstić information content (AvgIpc) is 3.79. The Kier molecular flexibility index (Phi) is 5.92. The van der Waals surface area contributed by atoms with Crippen molar-refractivity contribution >= 4 is 33.0 Å². The molecule has 4 N–H and O–H groups in total. The minimum Gasteiger partial charge on any atom is -0.377 e. The largest absolute Gasteiger partial charge is 0.377 e. The van der Waals surface area contributed by atoms with Crippen molar-refractivity contribution in [2.45, 2.75) is 55.9 Å². The number of hydrogen-bond acceptors (Lipinski definition) is 7. The number of amides is 1. The van der Waals surface area contributed by atoms with E-state index in [2.05, 4.69) is 32.9 Å². The molecule has 0 spiro atoms. The molecule has 10 nitrogen and oxygen atoms in total. The second kappa shape index (κ2) is 9.17. The van der Waals surface area contributed by atoms with Gasteiger partial charge in [-0.2, -0.15) is 0 Å². The third-order valence-electron chi connectivity index (χ3n) is 7.18. The standard InChI is InChI=1S/C27H29N7O3S/c1-15-9-10-29-26(30-15)20-12-21(20)27(35)33-22-11-19(6-7-24(22)38(28,36)37)31-16(2)23-14-34-13-18(17-3-4-17)5-8-25(34)32-23/h5-11,13-14,16-17,20-21,31H,3-4,12H2,1-2H3,(H,33,35)(H2,28,36,37)/t16?,20-,21-/m0/s1. The fourth-order valence-electron chi connectivity index (χ4n) is 4.83. The smallest absolute Gasteiger partial charge is 0.240 e. The first-order valence-electron chi connectivity index (χ1n) is 12.7. The molecular formula is C27H29N7O3S. The summed E-state index contributed by atoms with van der Waals surface area (Å²) in [5, 5.41) is 11.6. The summed E-state index contributed by atoms with van der Waals surface area (Å²) in [6.45, 7) is 3.85. The van der Waals surface area contributed by atoms with E-state index < -0.39 is 10.0 Å². The molecule has 196 valence electrons. The average molecular weight is 532 g/mol. The minimum absolute atomic E-state index is 0.0929. The van der Waals surface area contributed by atoms with Crippen LogP contribution < -0.4 is 15.8 Å². The number of nitrogens with zero attached hydrogens (tertiary/aromatic N) is 4. The van der Waals surface area contributed by atoms with Gasteiger partial charge in [0.1, 0.15) is 16.4 Å². The lowest BCUT2D eigenvalue weighted by Gasteiger charge is -2.16. The Hall–Kier alpha value is -3.83. The maximum atomic E-state index is 13.0. The molecule has 2 aliphatic rings. The Morgan fingerprint density at radius 3 is 2.68 bits per heavy atom. The van der Waals surface area contributed by atoms with Crippen molar-refractivity contribution < 1.29 is 13.2 Å². The Bertz CT molecular complexity index is 1660. The fourth-order valence-corrected chi connectivity index (χ4v) is 5.50. The van der Waals surface area contributed by atoms with Crippen LogP contribution in [0.15, 0.2) is 59.9 Å². The number of benzene rings is 1. The van der Waals surface area contributed by atoms with E-state index >= 15 is 0 Å². The zero-order chi connectivity index (χ0) is 26.6. The highest BCUT2D eigenvalue weighted by Crippen LogP contribution is 2.47. The summed E-state index contributed by atoms with van der Waals surface area (Å²) in [5.41, 5.74) is 4.64. The summed E-state index contributed by atoms with van der Waals surface area (Å²) >= 11 is 0. The Balaban J connectivity index is 1.20. The summed E-state index contributed by atoms with van der Waals surface area (Å²) in [7, 11) is -4.06. The van der Waals surface area contributed by atoms with E-state index in [0.717, 1.165) is 17.0 Å². The van der Waals surface area contributed by atoms with Gasteiger partial charge in [-0.1, -0.05) is 6.07 Å². The molecule has 6 rings (SSSR count). The number of aryl methyl sites for hydroxylation is 1. The minimum atomic E-state index is -4.06. The monoisotopic (exact) mass is 531 g/mol. The van der Waals surface area contributed by atoms with E-state index in [4.69, 9.17) is 10.1 Å². The van der Waals surface area contributed by atoms with Crippen LogP contribution in [0.1, 0.15) is 66.8 Å². The second-order valence-electron chi connectivity index (χ2n) is 10.3. The number of hydrogen-bond donors (Lipinski definition) is 3. The third kappa shape index (κ3) is 4.99. The normalized spacial score (nSPS) is 19.8. The molecule has 0 aliphatic heterocycles. The van der Waals surface area contributed by atoms with Gasteiger partial charge in [0, 0.05) is 41.8 Å². The third-order valence-corrected chi connectivity index (χ3v) is 8.15. The van der Waals surface area contributed by atoms with Crippen LogP contribution >= 0.6 is 0 Å². The summed E-state index contributed by atoms with van der Waals surface area (Å²) in [6, 6.07) is 10.4. The topological polar surface area (TPSA) is 144 Å². The first-order valence-corrected chi connectivity index (χ1v) is 14.2. The van der Waals surface area contributed by atoms with Crippen LogP contribution in [0.5, 0.6) is 0 Å². The molecule has 2 saturated carbocycles. The van der Waals surface area contributed by atoms with Crippen LogP contribution in [-0.2, 0) is 14.8 Å². The molecule has 2 fully saturated rings. The number of carbonyl (C=O) groups is 1. The van der Waals surface area contributed by atoms with Gasteiger partial charge in [0.15, 0.2) is 0 Å². The SMILES string of the molecule is Cc1ccnc([C@H]2C[C@@H]2C(=O)Nc2cc(NC(C)c3cn4cc(C5CC5)ccc4n3)ccc2S(N)(=O)=O)n1. The number of nitrogens with one attached hydrogen (secondary N) is 2. The molecule has 4 aromatic rings. The van der Waals surface area contributed by atoms with Crippen LogP contribution in [0, 0.1) is 12.8 Å². The predicted molar refractivity (Wildman–Crippen MR) is 143 cm³/mol. The van der Waals surface area contributed by atoms with E-state index in [1.54, 1.807) is 24.4 Å². The van der Waals surface area contributed by atoms with Crippen LogP contribution in [0.25, 0.3) is 5.65 Å². The number of carbonyl (C=O) groups excluding carboxylic acids is 1. The van der Waals surface area contributed by atoms with Gasteiger partial charge in [-0.3, -0.25) is 4.79 Å². The van der Waals surface area contributed by atoms with E-state index in [-0.39, 0.29) is 34.4 Å². The summed E-state index contributed by atoms with van der Waals surface area (Å²) in [4.78, 5) is 26.3. The van der Waals surface area contributed by atoms with Gasteiger partial charge in [-0.25, -0.2) is 28.5 Å². The van der Waals surface area contributed by atoms with E-state index in [1.165, 1.54) is 24.5 Å². The first-order chi connectivity index (χ1) is 18.2. The molecule has 1 aromatic carbocycles. The highest BCUT2D eigenvalue weighted by Gasteiger charge is 2.46. The number of rotatable bonds is 8. The summed E-state index contributed by atoms with van der Waals surface area (Å²) in [5.74, 6) is 0.561. The summed E-state index contributed by atoms with van der Waals surface area (Å²) < 4.78 is 26.5. The lowest BCUT2D eigenvalue weighted by Crippen LogP contribution is -2.20. The van der Waals surface area contributed by atoms with Gasteiger partial charge in [0.05, 0.1) is 17.4 Å². The number of fused-ring (bicyclic) bond motifs is 1. The predicted octanol–water partition coefficient (Wildman–Crippen LogP) is 3.87. The molecule has 1 unspecified atom stereocenters. The van der Waals surface area contributed by atoms with Gasteiger partial charge in [0.2, 0.25) is 15.9 Å². The van der Waals surface area contributed by atoms with E-state index in [9.17, 15) is 13.2 Å². The summed E-state index contributed by atoms with van der Waals surface area (Å²) in [6.07, 6.45) is 8.89. The number of primary sulfonamides is 1. The van der Waals surface area contributed by atoms with Crippen LogP contribution in [-0.4, -0.2) is 33.7 Å². The number of imidazole rings is 1. The maximum Gasteiger partial charge on any atom is 0.240 e. The van der Waals surface area contributed by atoms with Crippen molar-refractivity contribution in [3.63, 3.8) is 0 Å². The van der Waals surface area contributed by atoms with Crippen molar-refractivity contribution in [1.82, 2.24) is 19.4 Å². The van der Waals surface area contributed by atoms with Gasteiger partial charge < -0.3 is 15.0 Å². The number of anilines is 2. The van der Waals surface area contributed by atoms with Gasteiger partial charge in [-0.05, 0) is 74.9 Å². The Morgan fingerprint density at radius 1 is 1.13 bits per heavy atom. The van der Waals surface area contributed by atoms with Crippen LogP contribution in [0.3, 0.4) is 0 Å². The second-order valence-corrected chi connectivity index (χ2v) is 11.8. The molecule has 2 aliphatic carbocycles. The quantitative estimate of drug-likeness (QED) is 0.313. The number of aromatic nitrogens is 4. The molecule has 0 saturated heterocycles. The fraction of sp³-hybridized carbons (Fsp3) is 0.333. The van der Waals surface area contributed by atoms with Crippen molar-refractivity contribution in [2.24, 2.45) is 11.1 Å². The maximum absolute atomic E-state index is 13.0. The zero-order valence-electron chi connectivity index (χ0n) is 21.1. The van der Waals surface area contributed by atoms with Gasteiger partial charge in [-0.15, -0.1) is 0 Å². The van der Waals surface area contributed by atoms with Gasteiger partial charge >= 0.3 is 0 Å². The molecule has 3 heterocycles. The van der Waals surface area contributed by atoms with Crippen molar-refractivity contribution in [1.29, 1.82) is 0 Å². The Morgan fingerprint density at radius 2 is 1.95 bits per heavy atom. The molecular weight excluding hydrogens is 502 g/mol. The van der Waals surface area contributed by atoms with Crippen molar-refractivity contribution in [3.05, 3.63) is 77.8 Å². The van der Waals surface area contributed by atoms with Crippen LogP contribution in [0.4, 0.5) is 11.4 Å². The zero-order valence-corrected chi connectivity index (χ0v) is 21.9. The van der Waals surface area contributed by atoms with E-state index in [0.29, 0.717) is 23.9 Å². The molecule has 3 atom stereocenters. The van der Waals surface area contributed by atoms with Crippen molar-refractivity contribution in [2.75, 3.05) is 10.6 Å². The molecule has 0 radical (unpaired) electrons. The lowest BCUT2D eigenvalue weighted by molar-refractivity contribution is -0.117.